The molecule has 307 valence electrons. The molecule has 5 aromatic rings. The van der Waals surface area contributed by atoms with Crippen molar-refractivity contribution in [1.82, 2.24) is 0 Å². The van der Waals surface area contributed by atoms with Crippen LogP contribution in [0.2, 0.25) is 0 Å². The molecule has 0 bridgehead atoms. The topological polar surface area (TPSA) is 40.5 Å². The maximum Gasteiger partial charge on any atom is 2.00 e. The van der Waals surface area contributed by atoms with Crippen molar-refractivity contribution in [3.8, 4) is 11.5 Å². The number of aryl methyl sites for hydroxylation is 4. The number of phenols is 2. The number of fused-ring (bicyclic) bond motifs is 6. The zero-order valence-corrected chi connectivity index (χ0v) is 41.0. The number of hydrogen-bond acceptors (Lipinski definition) is 2. The molecule has 0 aliphatic heterocycles. The molecule has 0 saturated heterocycles. The maximum atomic E-state index is 9.57. The first-order valence-corrected chi connectivity index (χ1v) is 23.0. The van der Waals surface area contributed by atoms with Crippen LogP contribution in [-0.2, 0) is 43.1 Å². The summed E-state index contributed by atoms with van der Waals surface area (Å²) in [4.78, 5) is 0. The van der Waals surface area contributed by atoms with E-state index in [1.54, 1.807) is 12.1 Å². The largest absolute Gasteiger partial charge is 2.00 e. The normalized spacial score (nSPS) is 16.5. The maximum absolute atomic E-state index is 9.57. The van der Waals surface area contributed by atoms with E-state index >= 15 is 0 Å². The second-order valence-electron chi connectivity index (χ2n) is 18.7. The molecule has 0 heterocycles. The summed E-state index contributed by atoms with van der Waals surface area (Å²) in [5, 5.41) is 22.2. The summed E-state index contributed by atoms with van der Waals surface area (Å²) >= 11 is 0. The van der Waals surface area contributed by atoms with E-state index in [4.69, 9.17) is 0 Å². The van der Waals surface area contributed by atoms with Crippen LogP contribution in [0.5, 0.6) is 11.5 Å². The van der Waals surface area contributed by atoms with E-state index in [0.717, 1.165) is 17.2 Å². The molecule has 0 amide bonds. The summed E-state index contributed by atoms with van der Waals surface area (Å²) in [7, 11) is -1.19. The van der Waals surface area contributed by atoms with Crippen molar-refractivity contribution in [3.05, 3.63) is 224 Å². The van der Waals surface area contributed by atoms with Crippen LogP contribution in [0.25, 0.3) is 0 Å². The van der Waals surface area contributed by atoms with Crippen molar-refractivity contribution in [1.29, 1.82) is 0 Å². The van der Waals surface area contributed by atoms with Gasteiger partial charge >= 0.3 is 26.2 Å². The Kier molecular flexibility index (Phi) is 14.0. The van der Waals surface area contributed by atoms with Gasteiger partial charge in [0.1, 0.15) is 11.5 Å². The van der Waals surface area contributed by atoms with Crippen LogP contribution < -0.4 is 10.4 Å². The van der Waals surface area contributed by atoms with Crippen molar-refractivity contribution in [2.45, 2.75) is 97.9 Å². The van der Waals surface area contributed by atoms with Crippen LogP contribution in [0.15, 0.2) is 151 Å². The van der Waals surface area contributed by atoms with Crippen LogP contribution in [-0.4, -0.2) is 19.0 Å². The minimum Gasteiger partial charge on any atom is -0.508 e. The smallest absolute Gasteiger partial charge is 0.508 e. The van der Waals surface area contributed by atoms with Crippen LogP contribution in [0.1, 0.15) is 115 Å². The molecule has 2 atom stereocenters. The molecule has 1 radical (unpaired) electrons. The number of rotatable bonds is 4. The number of benzene rings is 5. The fourth-order valence-corrected chi connectivity index (χ4v) is 12.2. The van der Waals surface area contributed by atoms with Gasteiger partial charge in [0.15, 0.2) is 0 Å². The van der Waals surface area contributed by atoms with Gasteiger partial charge in [0, 0.05) is 8.80 Å². The number of aromatic hydroxyl groups is 2. The molecule has 2 N–H and O–H groups in total. The third-order valence-electron chi connectivity index (χ3n) is 11.9. The molecule has 5 aromatic carbocycles. The quantitative estimate of drug-likeness (QED) is 0.139. The van der Waals surface area contributed by atoms with E-state index in [2.05, 4.69) is 171 Å². The predicted octanol–water partition coefficient (Wildman–Crippen LogP) is 12.3. The minimum atomic E-state index is -1.19. The van der Waals surface area contributed by atoms with Gasteiger partial charge in [-0.25, -0.2) is 0 Å². The monoisotopic (exact) mass is 893 g/mol. The van der Waals surface area contributed by atoms with Gasteiger partial charge in [0.2, 0.25) is 0 Å². The first-order valence-electron chi connectivity index (χ1n) is 21.3. The van der Waals surface area contributed by atoms with E-state index in [1.165, 1.54) is 71.6 Å². The molecule has 61 heavy (non-hydrogen) atoms. The molecule has 2 unspecified atom stereocenters. The molecule has 4 heteroatoms. The fraction of sp³-hybridized carbons (Fsp3) is 0.263. The molecule has 0 fully saturated rings. The first kappa shape index (κ1) is 45.8. The molecule has 9 rings (SSSR count). The Hall–Kier alpha value is -4.76. The van der Waals surface area contributed by atoms with Gasteiger partial charge in [-0.05, 0) is 79.7 Å². The summed E-state index contributed by atoms with van der Waals surface area (Å²) in [6.07, 6.45) is 25.5. The molecule has 0 saturated carbocycles. The predicted molar refractivity (Wildman–Crippen MR) is 254 cm³/mol. The second kappa shape index (κ2) is 18.7. The third-order valence-corrected chi connectivity index (χ3v) is 15.2. The Labute approximate surface area is 386 Å². The average molecular weight is 895 g/mol. The second-order valence-corrected chi connectivity index (χ2v) is 21.0. The van der Waals surface area contributed by atoms with Crippen molar-refractivity contribution in [2.24, 2.45) is 0 Å². The molecule has 2 nitrogen and oxygen atoms in total. The van der Waals surface area contributed by atoms with Crippen LogP contribution in [0, 0.1) is 39.8 Å². The van der Waals surface area contributed by atoms with E-state index in [9.17, 15) is 10.2 Å². The van der Waals surface area contributed by atoms with Gasteiger partial charge < -0.3 is 10.2 Å². The zero-order valence-electron chi connectivity index (χ0n) is 37.5. The van der Waals surface area contributed by atoms with E-state index in [1.807, 2.05) is 38.1 Å². The van der Waals surface area contributed by atoms with Gasteiger partial charge in [0.25, 0.3) is 0 Å². The van der Waals surface area contributed by atoms with Gasteiger partial charge in [-0.15, -0.1) is 92.4 Å². The van der Waals surface area contributed by atoms with Gasteiger partial charge in [-0.3, -0.25) is 0 Å². The molecule has 4 aliphatic carbocycles. The van der Waals surface area contributed by atoms with Crippen molar-refractivity contribution in [3.63, 3.8) is 0 Å². The summed E-state index contributed by atoms with van der Waals surface area (Å²) < 4.78 is 0. The van der Waals surface area contributed by atoms with Gasteiger partial charge in [-0.1, -0.05) is 160 Å². The van der Waals surface area contributed by atoms with E-state index in [0.29, 0.717) is 23.3 Å². The number of allylic oxidation sites excluding steroid dienone is 10. The molecule has 0 spiro atoms. The Morgan fingerprint density at radius 3 is 1.36 bits per heavy atom. The summed E-state index contributed by atoms with van der Waals surface area (Å²) in [6.45, 7) is 21.3. The number of hydrogen-bond donors (Lipinski definition) is 2. The average Bonchev–Trinajstić information content (AvgIpc) is 3.78. The van der Waals surface area contributed by atoms with Crippen molar-refractivity contribution < 1.29 is 36.4 Å². The Bertz CT molecular complexity index is 2440. The number of phenolic OH excluding ortho intramolecular Hbond substituents is 2. The van der Waals surface area contributed by atoms with E-state index < -0.39 is 8.80 Å². The van der Waals surface area contributed by atoms with Crippen LogP contribution in [0.3, 0.4) is 0 Å². The first-order chi connectivity index (χ1) is 28.5. The fourth-order valence-electron chi connectivity index (χ4n) is 8.77. The van der Waals surface area contributed by atoms with Gasteiger partial charge in [-0.2, -0.15) is 0 Å². The third kappa shape index (κ3) is 9.98. The van der Waals surface area contributed by atoms with Crippen LogP contribution >= 0.6 is 0 Å². The molecule has 0 aromatic heterocycles. The molecule has 4 aliphatic rings. The SMILES string of the molecule is Cc1ccc(O)c(C(C)(C)C)c1.Cc1ccc(O)c(C(C)(C)C)c1.Cc1ccc2c(c1[Si](Cc1ccccc1)c1c(C)ccc3c1[C-]=C1C=CC=CC13)[C-]=C1C=CC=CC12.[Zr+2]. The summed E-state index contributed by atoms with van der Waals surface area (Å²) in [6, 6.07) is 32.9. The van der Waals surface area contributed by atoms with Crippen molar-refractivity contribution >= 4 is 19.2 Å². The summed E-state index contributed by atoms with van der Waals surface area (Å²) in [5.74, 6) is 1.46. The van der Waals surface area contributed by atoms with E-state index in [-0.39, 0.29) is 37.0 Å². The Balaban J connectivity index is 0.000000205. The molecular weight excluding hydrogens is 836 g/mol. The Morgan fingerprint density at radius 2 is 0.967 bits per heavy atom. The van der Waals surface area contributed by atoms with Crippen molar-refractivity contribution in [2.75, 3.05) is 0 Å². The standard InChI is InChI=1S/C35H27Si.2C11H16O.Zr/c1-23-16-18-30-28-14-8-6-12-26(28)20-32(30)34(23)36(22-25-10-4-3-5-11-25)35-24(2)17-19-31-29-15-9-7-13-27(29)21-33(31)35;2*1-8-5-6-10(12)9(7-8)11(2,3)4;/h3-19,28-29H,22H2,1-2H3;2*5-7,12H,1-4H3;/q-2;;;+2. The zero-order chi connectivity index (χ0) is 42.9. The van der Waals surface area contributed by atoms with Gasteiger partial charge in [0.05, 0.1) is 0 Å². The summed E-state index contributed by atoms with van der Waals surface area (Å²) in [5.41, 5.74) is 16.7. The van der Waals surface area contributed by atoms with Crippen LogP contribution in [0.4, 0.5) is 0 Å². The molecular formula is C57H59O2SiZr. The minimum absolute atomic E-state index is 0. The Morgan fingerprint density at radius 1 is 0.541 bits per heavy atom.